The maximum Gasteiger partial charge on any atom is 0.420 e. The number of nitrogens with zero attached hydrogens (tertiary/aromatic N) is 4. The van der Waals surface area contributed by atoms with E-state index in [0.29, 0.717) is 45.3 Å². The third-order valence-corrected chi connectivity index (χ3v) is 9.77. The number of hydrogen-bond donors (Lipinski definition) is 2. The van der Waals surface area contributed by atoms with Crippen LogP contribution in [0, 0.1) is 0 Å². The highest BCUT2D eigenvalue weighted by Gasteiger charge is 2.38. The third-order valence-electron chi connectivity index (χ3n) is 8.61. The predicted octanol–water partition coefficient (Wildman–Crippen LogP) is 5.24. The second-order valence-electron chi connectivity index (χ2n) is 11.6. The number of hydrogen-bond acceptors (Lipinski definition) is 7. The minimum absolute atomic E-state index is 0.00271. The number of fused-ring (bicyclic) bond motifs is 1. The number of alkyl halides is 3. The highest BCUT2D eigenvalue weighted by Crippen LogP contribution is 2.41. The van der Waals surface area contributed by atoms with Gasteiger partial charge in [0.25, 0.3) is 5.91 Å². The number of ether oxygens (including phenoxy) is 1. The zero-order chi connectivity index (χ0) is 31.8. The van der Waals surface area contributed by atoms with Gasteiger partial charge in [-0.3, -0.25) is 10.1 Å². The van der Waals surface area contributed by atoms with Crippen LogP contribution < -0.4 is 5.32 Å². The van der Waals surface area contributed by atoms with Crippen LogP contribution in [0.5, 0.6) is 5.75 Å². The fourth-order valence-electron chi connectivity index (χ4n) is 6.03. The average molecular weight is 658 g/mol. The lowest BCUT2D eigenvalue weighted by atomic mass is 10.0. The number of piperidine rings is 2. The molecule has 2 saturated heterocycles. The van der Waals surface area contributed by atoms with E-state index in [-0.39, 0.29) is 43.2 Å². The summed E-state index contributed by atoms with van der Waals surface area (Å²) in [6.07, 6.45) is -4.98. The number of aromatic hydroxyl groups is 1. The molecule has 240 valence electrons. The summed E-state index contributed by atoms with van der Waals surface area (Å²) in [5, 5.41) is 15.1. The van der Waals surface area contributed by atoms with E-state index < -0.39 is 40.6 Å². The van der Waals surface area contributed by atoms with Crippen LogP contribution in [0.15, 0.2) is 23.6 Å². The van der Waals surface area contributed by atoms with Crippen molar-refractivity contribution in [2.75, 3.05) is 45.6 Å². The first kappa shape index (κ1) is 32.2. The van der Waals surface area contributed by atoms with Crippen molar-refractivity contribution in [1.29, 1.82) is 0 Å². The number of carbonyl (C=O) groups is 3. The summed E-state index contributed by atoms with van der Waals surface area (Å²) in [5.41, 5.74) is -0.296. The summed E-state index contributed by atoms with van der Waals surface area (Å²) in [5.74, 6) is -1.60. The Kier molecular flexibility index (Phi) is 9.52. The maximum atomic E-state index is 13.7. The van der Waals surface area contributed by atoms with E-state index in [2.05, 4.69) is 10.2 Å². The zero-order valence-corrected chi connectivity index (χ0v) is 26.0. The second kappa shape index (κ2) is 13.0. The quantitative estimate of drug-likeness (QED) is 0.441. The van der Waals surface area contributed by atoms with Gasteiger partial charge in [-0.25, -0.2) is 9.59 Å². The van der Waals surface area contributed by atoms with E-state index >= 15 is 0 Å². The number of urea groups is 1. The Morgan fingerprint density at radius 1 is 1.14 bits per heavy atom. The molecule has 1 atom stereocenters. The van der Waals surface area contributed by atoms with Gasteiger partial charge in [0.1, 0.15) is 10.8 Å². The van der Waals surface area contributed by atoms with Crippen molar-refractivity contribution in [2.45, 2.75) is 63.0 Å². The fourth-order valence-corrected chi connectivity index (χ4v) is 7.07. The summed E-state index contributed by atoms with van der Waals surface area (Å²) in [6.45, 7) is 1.87. The lowest BCUT2D eigenvalue weighted by molar-refractivity contribution is -0.142. The normalized spacial score (nSPS) is 19.2. The first-order valence-electron chi connectivity index (χ1n) is 14.4. The molecule has 5 rings (SSSR count). The van der Waals surface area contributed by atoms with Gasteiger partial charge < -0.3 is 29.4 Å². The van der Waals surface area contributed by atoms with Gasteiger partial charge in [-0.15, -0.1) is 11.3 Å². The van der Waals surface area contributed by atoms with Gasteiger partial charge in [0.15, 0.2) is 6.10 Å². The number of amides is 4. The predicted molar refractivity (Wildman–Crippen MR) is 159 cm³/mol. The Bertz CT molecular complexity index is 1390. The van der Waals surface area contributed by atoms with Gasteiger partial charge in [-0.2, -0.15) is 13.2 Å². The molecule has 0 radical (unpaired) electrons. The summed E-state index contributed by atoms with van der Waals surface area (Å²) in [7, 11) is 3.92. The number of phenolic OH excluding ortho intramolecular Hbond substituents is 1. The molecule has 3 aliphatic heterocycles. The van der Waals surface area contributed by atoms with Gasteiger partial charge in [-0.05, 0) is 68.9 Å². The van der Waals surface area contributed by atoms with E-state index in [1.165, 1.54) is 16.2 Å². The van der Waals surface area contributed by atoms with Crippen molar-refractivity contribution >= 4 is 46.0 Å². The van der Waals surface area contributed by atoms with Crippen LogP contribution in [0.1, 0.15) is 42.4 Å². The van der Waals surface area contributed by atoms with Crippen LogP contribution in [0.4, 0.5) is 27.8 Å². The van der Waals surface area contributed by atoms with Gasteiger partial charge in [0.2, 0.25) is 0 Å². The summed E-state index contributed by atoms with van der Waals surface area (Å²) in [4.78, 5) is 46.5. The summed E-state index contributed by atoms with van der Waals surface area (Å²) < 4.78 is 46.5. The minimum atomic E-state index is -4.88. The summed E-state index contributed by atoms with van der Waals surface area (Å²) in [6, 6.07) is 3.84. The number of halogens is 4. The lowest BCUT2D eigenvalue weighted by Gasteiger charge is -2.40. The number of phenols is 1. The largest absolute Gasteiger partial charge is 0.506 e. The Balaban J connectivity index is 1.28. The Morgan fingerprint density at radius 2 is 1.80 bits per heavy atom. The molecule has 2 aromatic rings. The van der Waals surface area contributed by atoms with Crippen molar-refractivity contribution in [3.05, 3.63) is 45.3 Å². The molecule has 0 unspecified atom stereocenters. The van der Waals surface area contributed by atoms with Crippen LogP contribution in [-0.4, -0.2) is 101 Å². The molecule has 3 aliphatic rings. The van der Waals surface area contributed by atoms with Crippen LogP contribution in [-0.2, 0) is 28.7 Å². The van der Waals surface area contributed by atoms with Crippen LogP contribution in [0.25, 0.3) is 0 Å². The minimum Gasteiger partial charge on any atom is -0.506 e. The van der Waals surface area contributed by atoms with Gasteiger partial charge in [0, 0.05) is 50.2 Å². The zero-order valence-electron chi connectivity index (χ0n) is 24.4. The first-order valence-corrected chi connectivity index (χ1v) is 15.7. The second-order valence-corrected chi connectivity index (χ2v) is 12.9. The molecule has 1 aromatic carbocycles. The molecule has 0 bridgehead atoms. The molecule has 0 spiro atoms. The monoisotopic (exact) mass is 657 g/mol. The number of carbonyl (C=O) groups excluding carboxylic acids is 3. The lowest BCUT2D eigenvalue weighted by Crippen LogP contribution is -2.52. The average Bonchev–Trinajstić information content (AvgIpc) is 3.44. The molecule has 4 amide bonds. The van der Waals surface area contributed by atoms with E-state index in [1.54, 1.807) is 9.80 Å². The van der Waals surface area contributed by atoms with Crippen LogP contribution in [0.2, 0.25) is 5.02 Å². The van der Waals surface area contributed by atoms with Crippen molar-refractivity contribution < 1.29 is 37.4 Å². The Hall–Kier alpha value is -3.23. The molecule has 0 saturated carbocycles. The number of benzene rings is 1. The standard InChI is InChI=1S/C29H35ClF3N5O5S/c1-35(2)19-3-8-36(9-4-19)26(40)23(15-17-13-21(29(31,32)33)24(39)22(30)14-17)43-28(42)37-10-5-20(6-11-37)38-16-18-7-12-44-25(18)34-27(38)41/h7,12-14,19-20,23,39H,3-6,8-11,15-16H2,1-2H3,(H,34,41)/t23-/m1/s1. The molecular weight excluding hydrogens is 623 g/mol. The van der Waals surface area contributed by atoms with Gasteiger partial charge >= 0.3 is 18.3 Å². The van der Waals surface area contributed by atoms with E-state index in [1.807, 2.05) is 25.5 Å². The van der Waals surface area contributed by atoms with Crippen LogP contribution >= 0.6 is 22.9 Å². The third kappa shape index (κ3) is 7.02. The number of thiophene rings is 1. The Labute approximate surface area is 262 Å². The number of likely N-dealkylation sites (tertiary alicyclic amines) is 2. The molecule has 44 heavy (non-hydrogen) atoms. The van der Waals surface area contributed by atoms with Crippen molar-refractivity contribution in [1.82, 2.24) is 19.6 Å². The number of nitrogens with one attached hydrogen (secondary N) is 1. The molecule has 2 N–H and O–H groups in total. The topological polar surface area (TPSA) is 106 Å². The van der Waals surface area contributed by atoms with Crippen molar-refractivity contribution in [2.24, 2.45) is 0 Å². The van der Waals surface area contributed by atoms with Crippen molar-refractivity contribution in [3.8, 4) is 5.75 Å². The van der Waals surface area contributed by atoms with Gasteiger partial charge in [0.05, 0.1) is 17.1 Å². The molecule has 0 aliphatic carbocycles. The molecule has 1 aromatic heterocycles. The maximum absolute atomic E-state index is 13.7. The van der Waals surface area contributed by atoms with E-state index in [0.717, 1.165) is 22.7 Å². The fraction of sp³-hybridized carbons (Fsp3) is 0.552. The number of anilines is 1. The van der Waals surface area contributed by atoms with E-state index in [4.69, 9.17) is 16.3 Å². The number of rotatable bonds is 6. The Morgan fingerprint density at radius 3 is 2.43 bits per heavy atom. The molecule has 2 fully saturated rings. The summed E-state index contributed by atoms with van der Waals surface area (Å²) >= 11 is 7.39. The van der Waals surface area contributed by atoms with Gasteiger partial charge in [-0.1, -0.05) is 11.6 Å². The molecule has 4 heterocycles. The highest BCUT2D eigenvalue weighted by molar-refractivity contribution is 7.14. The molecular formula is C29H35ClF3N5O5S. The smallest absolute Gasteiger partial charge is 0.420 e. The highest BCUT2D eigenvalue weighted by atomic mass is 35.5. The molecule has 10 nitrogen and oxygen atoms in total. The van der Waals surface area contributed by atoms with Crippen LogP contribution in [0.3, 0.4) is 0 Å². The van der Waals surface area contributed by atoms with E-state index in [9.17, 15) is 32.7 Å². The molecule has 15 heteroatoms. The first-order chi connectivity index (χ1) is 20.8. The SMILES string of the molecule is CN(C)C1CCN(C(=O)[C@@H](Cc2cc(Cl)c(O)c(C(F)(F)F)c2)OC(=O)N2CCC(N3Cc4ccsc4NC3=O)CC2)CC1. The van der Waals surface area contributed by atoms with Crippen molar-refractivity contribution in [3.63, 3.8) is 0 Å².